The summed E-state index contributed by atoms with van der Waals surface area (Å²) < 4.78 is 16.5. The van der Waals surface area contributed by atoms with Gasteiger partial charge in [-0.05, 0) is 38.1 Å². The second kappa shape index (κ2) is 8.82. The van der Waals surface area contributed by atoms with Crippen molar-refractivity contribution < 1.29 is 14.2 Å². The van der Waals surface area contributed by atoms with E-state index in [1.807, 2.05) is 25.2 Å². The summed E-state index contributed by atoms with van der Waals surface area (Å²) in [5, 5.41) is 3.28. The van der Waals surface area contributed by atoms with E-state index in [9.17, 15) is 0 Å². The van der Waals surface area contributed by atoms with Gasteiger partial charge in [0.05, 0.1) is 33.0 Å². The molecule has 1 N–H and O–H groups in total. The van der Waals surface area contributed by atoms with E-state index in [0.29, 0.717) is 6.61 Å². The Labute approximate surface area is 122 Å². The third kappa shape index (κ3) is 4.69. The van der Waals surface area contributed by atoms with Crippen LogP contribution >= 0.6 is 0 Å². The number of nitrogens with one attached hydrogen (secondary N) is 1. The average molecular weight is 281 g/mol. The van der Waals surface area contributed by atoms with Crippen LogP contribution in [0.1, 0.15) is 38.3 Å². The summed E-state index contributed by atoms with van der Waals surface area (Å²) in [7, 11) is 5.23. The highest BCUT2D eigenvalue weighted by Gasteiger charge is 2.14. The Balaban J connectivity index is 2.74. The molecule has 2 unspecified atom stereocenters. The van der Waals surface area contributed by atoms with Crippen LogP contribution in [0.25, 0.3) is 0 Å². The fraction of sp³-hybridized carbons (Fsp3) is 0.625. The van der Waals surface area contributed by atoms with E-state index in [0.717, 1.165) is 29.9 Å². The molecule has 4 heteroatoms. The first-order chi connectivity index (χ1) is 9.65. The maximum Gasteiger partial charge on any atom is 0.161 e. The molecular weight excluding hydrogens is 254 g/mol. The molecule has 0 amide bonds. The molecule has 0 bridgehead atoms. The van der Waals surface area contributed by atoms with Crippen molar-refractivity contribution in [1.29, 1.82) is 0 Å². The monoisotopic (exact) mass is 281 g/mol. The number of likely N-dealkylation sites (N-methyl/N-ethyl adjacent to an activating group) is 1. The summed E-state index contributed by atoms with van der Waals surface area (Å²) in [5.74, 6) is 1.48. The predicted molar refractivity (Wildman–Crippen MR) is 81.7 cm³/mol. The van der Waals surface area contributed by atoms with Gasteiger partial charge >= 0.3 is 0 Å². The van der Waals surface area contributed by atoms with Gasteiger partial charge in [-0.1, -0.05) is 19.4 Å². The predicted octanol–water partition coefficient (Wildman–Crippen LogP) is 3.17. The van der Waals surface area contributed by atoms with Gasteiger partial charge in [-0.15, -0.1) is 0 Å². The maximum atomic E-state index is 5.89. The van der Waals surface area contributed by atoms with E-state index in [1.54, 1.807) is 14.2 Å². The van der Waals surface area contributed by atoms with E-state index in [4.69, 9.17) is 14.2 Å². The molecule has 0 aromatic heterocycles. The molecule has 0 aliphatic carbocycles. The van der Waals surface area contributed by atoms with Crippen LogP contribution < -0.4 is 14.8 Å². The van der Waals surface area contributed by atoms with Gasteiger partial charge in [0.25, 0.3) is 0 Å². The molecule has 0 aliphatic rings. The molecule has 114 valence electrons. The first kappa shape index (κ1) is 16.8. The standard InChI is InChI=1S/C16H27NO3/c1-6-7-12(2)20-11-14(17-3)13-8-9-15(18-4)16(10-13)19-5/h8-10,12,14,17H,6-7,11H2,1-5H3. The molecule has 20 heavy (non-hydrogen) atoms. The topological polar surface area (TPSA) is 39.7 Å². The SMILES string of the molecule is CCCC(C)OCC(NC)c1ccc(OC)c(OC)c1. The third-order valence-corrected chi connectivity index (χ3v) is 3.40. The van der Waals surface area contributed by atoms with Crippen molar-refractivity contribution in [3.05, 3.63) is 23.8 Å². The molecule has 1 rings (SSSR count). The summed E-state index contributed by atoms with van der Waals surface area (Å²) in [6, 6.07) is 6.10. The molecule has 0 heterocycles. The third-order valence-electron chi connectivity index (χ3n) is 3.40. The number of ether oxygens (including phenoxy) is 3. The lowest BCUT2D eigenvalue weighted by Gasteiger charge is -2.21. The van der Waals surface area contributed by atoms with Crippen LogP contribution in [-0.4, -0.2) is 34.0 Å². The summed E-state index contributed by atoms with van der Waals surface area (Å²) in [4.78, 5) is 0. The molecule has 4 nitrogen and oxygen atoms in total. The van der Waals surface area contributed by atoms with Gasteiger partial charge in [0.15, 0.2) is 11.5 Å². The first-order valence-electron chi connectivity index (χ1n) is 7.17. The minimum atomic E-state index is 0.147. The Bertz CT molecular complexity index is 395. The first-order valence-corrected chi connectivity index (χ1v) is 7.17. The van der Waals surface area contributed by atoms with E-state index in [-0.39, 0.29) is 12.1 Å². The van der Waals surface area contributed by atoms with Crippen LogP contribution in [0.5, 0.6) is 11.5 Å². The van der Waals surface area contributed by atoms with Crippen LogP contribution in [0.3, 0.4) is 0 Å². The lowest BCUT2D eigenvalue weighted by molar-refractivity contribution is 0.0452. The molecule has 0 saturated heterocycles. The zero-order valence-electron chi connectivity index (χ0n) is 13.2. The van der Waals surface area contributed by atoms with Crippen molar-refractivity contribution in [2.75, 3.05) is 27.9 Å². The summed E-state index contributed by atoms with van der Waals surface area (Å²) in [6.45, 7) is 4.93. The molecule has 0 radical (unpaired) electrons. The van der Waals surface area contributed by atoms with Gasteiger partial charge in [0, 0.05) is 0 Å². The second-order valence-electron chi connectivity index (χ2n) is 4.89. The van der Waals surface area contributed by atoms with Crippen molar-refractivity contribution in [2.24, 2.45) is 0 Å². The van der Waals surface area contributed by atoms with Crippen LogP contribution in [0, 0.1) is 0 Å². The lowest BCUT2D eigenvalue weighted by Crippen LogP contribution is -2.24. The Morgan fingerprint density at radius 1 is 1.15 bits per heavy atom. The Morgan fingerprint density at radius 2 is 1.85 bits per heavy atom. The largest absolute Gasteiger partial charge is 0.493 e. The quantitative estimate of drug-likeness (QED) is 0.754. The summed E-state index contributed by atoms with van der Waals surface area (Å²) >= 11 is 0. The van der Waals surface area contributed by atoms with Gasteiger partial charge in [-0.3, -0.25) is 0 Å². The molecule has 0 aliphatic heterocycles. The minimum Gasteiger partial charge on any atom is -0.493 e. The zero-order chi connectivity index (χ0) is 15.0. The van der Waals surface area contributed by atoms with Gasteiger partial charge in [0.1, 0.15) is 0 Å². The van der Waals surface area contributed by atoms with E-state index < -0.39 is 0 Å². The van der Waals surface area contributed by atoms with Gasteiger partial charge < -0.3 is 19.5 Å². The van der Waals surface area contributed by atoms with Gasteiger partial charge in [-0.25, -0.2) is 0 Å². The van der Waals surface area contributed by atoms with E-state index in [2.05, 4.69) is 19.2 Å². The highest BCUT2D eigenvalue weighted by molar-refractivity contribution is 5.43. The summed E-state index contributed by atoms with van der Waals surface area (Å²) in [5.41, 5.74) is 1.13. The van der Waals surface area contributed by atoms with Crippen molar-refractivity contribution in [1.82, 2.24) is 5.32 Å². The van der Waals surface area contributed by atoms with Crippen LogP contribution in [-0.2, 0) is 4.74 Å². The summed E-state index contributed by atoms with van der Waals surface area (Å²) in [6.07, 6.45) is 2.51. The van der Waals surface area contributed by atoms with Crippen molar-refractivity contribution in [3.8, 4) is 11.5 Å². The fourth-order valence-corrected chi connectivity index (χ4v) is 2.17. The maximum absolute atomic E-state index is 5.89. The highest BCUT2D eigenvalue weighted by Crippen LogP contribution is 2.30. The van der Waals surface area contributed by atoms with Crippen LogP contribution in [0.2, 0.25) is 0 Å². The Hall–Kier alpha value is -1.26. The molecular formula is C16H27NO3. The number of rotatable bonds is 9. The van der Waals surface area contributed by atoms with Gasteiger partial charge in [0.2, 0.25) is 0 Å². The average Bonchev–Trinajstić information content (AvgIpc) is 2.47. The van der Waals surface area contributed by atoms with Crippen molar-refractivity contribution in [2.45, 2.75) is 38.8 Å². The lowest BCUT2D eigenvalue weighted by atomic mass is 10.1. The number of methoxy groups -OCH3 is 2. The normalized spacial score (nSPS) is 13.8. The number of hydrogen-bond acceptors (Lipinski definition) is 4. The molecule has 2 atom stereocenters. The van der Waals surface area contributed by atoms with Crippen molar-refractivity contribution >= 4 is 0 Å². The molecule has 1 aromatic carbocycles. The van der Waals surface area contributed by atoms with Crippen LogP contribution in [0.15, 0.2) is 18.2 Å². The fourth-order valence-electron chi connectivity index (χ4n) is 2.17. The van der Waals surface area contributed by atoms with Crippen LogP contribution in [0.4, 0.5) is 0 Å². The van der Waals surface area contributed by atoms with Gasteiger partial charge in [-0.2, -0.15) is 0 Å². The van der Waals surface area contributed by atoms with Crippen molar-refractivity contribution in [3.63, 3.8) is 0 Å². The van der Waals surface area contributed by atoms with E-state index in [1.165, 1.54) is 0 Å². The molecule has 0 fully saturated rings. The van der Waals surface area contributed by atoms with E-state index >= 15 is 0 Å². The molecule has 1 aromatic rings. The number of benzene rings is 1. The molecule has 0 spiro atoms. The zero-order valence-corrected chi connectivity index (χ0v) is 13.2. The Morgan fingerprint density at radius 3 is 2.40 bits per heavy atom. The molecule has 0 saturated carbocycles. The minimum absolute atomic E-state index is 0.147. The highest BCUT2D eigenvalue weighted by atomic mass is 16.5. The Kier molecular flexibility index (Phi) is 7.41. The second-order valence-corrected chi connectivity index (χ2v) is 4.89. The smallest absolute Gasteiger partial charge is 0.161 e. The number of hydrogen-bond donors (Lipinski definition) is 1.